The summed E-state index contributed by atoms with van der Waals surface area (Å²) < 4.78 is 8.52. The third kappa shape index (κ3) is 1200. The predicted octanol–water partition coefficient (Wildman–Crippen LogP) is -15.5. The van der Waals surface area contributed by atoms with E-state index in [0.717, 1.165) is 0 Å². The Bertz CT molecular complexity index is 36.3. The molecule has 0 amide bonds. The molecule has 0 bridgehead atoms. The quantitative estimate of drug-likeness (QED) is 0.385. The van der Waals surface area contributed by atoms with Crippen LogP contribution in [0.4, 0.5) is 0 Å². The number of rotatable bonds is 0. The maximum Gasteiger partial charge on any atom is 1.00 e. The zero-order chi connectivity index (χ0) is 3.58. The maximum absolute atomic E-state index is 8.52. The van der Waals surface area contributed by atoms with Gasteiger partial charge in [0.1, 0.15) is 0 Å². The van der Waals surface area contributed by atoms with Crippen LogP contribution in [0.5, 0.6) is 0 Å². The van der Waals surface area contributed by atoms with Crippen LogP contribution in [-0.2, 0) is 4.46 Å². The van der Waals surface area contributed by atoms with Crippen molar-refractivity contribution in [3.05, 3.63) is 0 Å². The van der Waals surface area contributed by atoms with Gasteiger partial charge in [-0.15, -0.1) is 0 Å². The second kappa shape index (κ2) is 137. The van der Waals surface area contributed by atoms with Crippen LogP contribution >= 0.6 is 0 Å². The Kier molecular flexibility index (Phi) is 1660. The summed E-state index contributed by atoms with van der Waals surface area (Å²) in [6, 6.07) is 0. The molecule has 14 heavy (non-hydrogen) atoms. The van der Waals surface area contributed by atoms with Gasteiger partial charge in [0, 0.05) is 9.17 Å². The van der Waals surface area contributed by atoms with Gasteiger partial charge in [-0.25, -0.2) is 0 Å². The largest absolute Gasteiger partial charge is 1.00 e. The maximum atomic E-state index is 8.52. The normalized spacial score (nSPS) is 1.71. The molecule has 16 N–H and O–H groups in total. The van der Waals surface area contributed by atoms with Crippen LogP contribution in [0.2, 0.25) is 0 Å². The van der Waals surface area contributed by atoms with E-state index in [1.807, 2.05) is 0 Å². The van der Waals surface area contributed by atoms with Gasteiger partial charge >= 0.3 is 59.1 Å². The first-order valence-corrected chi connectivity index (χ1v) is 1.84. The Morgan fingerprint density at radius 2 is 0.571 bits per heavy atom. The van der Waals surface area contributed by atoms with E-state index in [4.69, 9.17) is 14.1 Å². The van der Waals surface area contributed by atoms with Crippen LogP contribution in [0.15, 0.2) is 0 Å². The summed E-state index contributed by atoms with van der Waals surface area (Å²) in [5.41, 5.74) is 0. The van der Waals surface area contributed by atoms with Crippen LogP contribution in [0, 0.1) is 0 Å². The molecule has 0 aliphatic carbocycles. The van der Waals surface area contributed by atoms with Gasteiger partial charge in [-0.2, -0.15) is 0 Å². The van der Waals surface area contributed by atoms with Gasteiger partial charge in [-0.05, 0) is 0 Å². The van der Waals surface area contributed by atoms with Crippen molar-refractivity contribution in [1.29, 1.82) is 0 Å². The monoisotopic (exact) mass is 266 g/mol. The fraction of sp³-hybridized carbons (Fsp3) is 0. The van der Waals surface area contributed by atoms with E-state index in [1.54, 1.807) is 0 Å². The fourth-order valence-corrected chi connectivity index (χ4v) is 0. The van der Waals surface area contributed by atoms with E-state index in [2.05, 4.69) is 0 Å². The molecule has 88 valence electrons. The first-order chi connectivity index (χ1) is 1.73. The third-order valence-corrected chi connectivity index (χ3v) is 0. The molecule has 0 saturated carbocycles. The average Bonchev–Trinajstić information content (AvgIpc) is 0.811. The Morgan fingerprint density at radius 1 is 0.571 bits per heavy atom. The zero-order valence-electron chi connectivity index (χ0n) is 7.72. The van der Waals surface area contributed by atoms with E-state index in [0.29, 0.717) is 0 Å². The molecule has 0 heterocycles. The fourth-order valence-electron chi connectivity index (χ4n) is 0. The summed E-state index contributed by atoms with van der Waals surface area (Å²) in [5.74, 6) is 0. The van der Waals surface area contributed by atoms with Crippen LogP contribution < -0.4 is 68.7 Å². The van der Waals surface area contributed by atoms with Gasteiger partial charge < -0.3 is 57.9 Å². The van der Waals surface area contributed by atoms with E-state index in [9.17, 15) is 0 Å². The number of hydrogen-bond donors (Lipinski definition) is 0. The second-order valence-electron chi connectivity index (χ2n) is 0.250. The van der Waals surface area contributed by atoms with Crippen molar-refractivity contribution >= 4 is 9.17 Å². The number of hydrogen-bond acceptors (Lipinski definition) is 3. The van der Waals surface area contributed by atoms with Gasteiger partial charge in [-0.3, -0.25) is 0 Å². The minimum absolute atomic E-state index is 0. The summed E-state index contributed by atoms with van der Waals surface area (Å²) in [5, 5.41) is 0. The van der Waals surface area contributed by atoms with Crippen molar-refractivity contribution in [2.45, 2.75) is 0 Å². The molecule has 0 saturated heterocycles. The average molecular weight is 266 g/mol. The Labute approximate surface area is 125 Å². The van der Waals surface area contributed by atoms with E-state index < -0.39 is 9.17 Å². The van der Waals surface area contributed by atoms with E-state index >= 15 is 0 Å². The van der Waals surface area contributed by atoms with Crippen molar-refractivity contribution in [1.82, 2.24) is 0 Å². The summed E-state index contributed by atoms with van der Waals surface area (Å²) in [7, 11) is -3.63. The molecule has 0 spiro atoms. The van der Waals surface area contributed by atoms with Crippen molar-refractivity contribution in [2.75, 3.05) is 0 Å². The molecule has 0 aromatic carbocycles. The van der Waals surface area contributed by atoms with Crippen molar-refractivity contribution in [2.24, 2.45) is 0 Å². The molecule has 11 nitrogen and oxygen atoms in total. The molecule has 0 radical (unpaired) electrons. The Balaban J connectivity index is -0.000000001000. The van der Waals surface area contributed by atoms with Gasteiger partial charge in [0.15, 0.2) is 0 Å². The van der Waals surface area contributed by atoms with Crippen molar-refractivity contribution in [3.63, 3.8) is 0 Å². The van der Waals surface area contributed by atoms with Gasteiger partial charge in [0.2, 0.25) is 0 Å². The smallest absolute Gasteiger partial charge is 0.672 e. The van der Waals surface area contributed by atoms with Crippen LogP contribution in [0.3, 0.4) is 0 Å². The van der Waals surface area contributed by atoms with Gasteiger partial charge in [0.25, 0.3) is 0 Å². The van der Waals surface area contributed by atoms with Crippen molar-refractivity contribution in [3.8, 4) is 0 Å². The molecule has 0 atom stereocenters. The summed E-state index contributed by atoms with van der Waals surface area (Å²) in [6.45, 7) is 0. The van der Waals surface area contributed by atoms with Crippen LogP contribution in [0.25, 0.3) is 0 Å². The minimum atomic E-state index is -3.63. The molecule has 0 fully saturated rings. The molecular formula is H16Na2O11Si. The van der Waals surface area contributed by atoms with Crippen LogP contribution in [0.1, 0.15) is 0 Å². The summed E-state index contributed by atoms with van der Waals surface area (Å²) in [6.07, 6.45) is 0. The SMILES string of the molecule is O.O.O.O.O.O.O.O.O=[Si]([O-])[O-].[Na+].[Na+]. The zero-order valence-corrected chi connectivity index (χ0v) is 12.7. The molecule has 14 heteroatoms. The molecule has 0 aliphatic rings. The molecule has 0 unspecified atom stereocenters. The van der Waals surface area contributed by atoms with Crippen molar-refractivity contribution < 1.29 is 117 Å². The van der Waals surface area contributed by atoms with Gasteiger partial charge in [0.05, 0.1) is 0 Å². The standard InChI is InChI=1S/2Na.O3Si.8H2O/c;;1-4(2)3;;;;;;;;/h;;;8*1H2/q2*+1;-2;;;;;;;;. The molecule has 0 aromatic heterocycles. The van der Waals surface area contributed by atoms with E-state index in [1.165, 1.54) is 0 Å². The molecular weight excluding hydrogens is 250 g/mol. The first-order valence-electron chi connectivity index (χ1n) is 0.612. The Hall–Kier alpha value is 1.30. The third-order valence-electron chi connectivity index (χ3n) is 0. The first kappa shape index (κ1) is 169. The van der Waals surface area contributed by atoms with E-state index in [-0.39, 0.29) is 103 Å². The summed E-state index contributed by atoms with van der Waals surface area (Å²) in [4.78, 5) is 17.0. The predicted molar refractivity (Wildman–Crippen MR) is 35.4 cm³/mol. The Morgan fingerprint density at radius 3 is 0.571 bits per heavy atom. The molecule has 0 aromatic rings. The van der Waals surface area contributed by atoms with Crippen LogP contribution in [-0.4, -0.2) is 53.0 Å². The summed E-state index contributed by atoms with van der Waals surface area (Å²) >= 11 is 0. The van der Waals surface area contributed by atoms with Gasteiger partial charge in [-0.1, -0.05) is 0 Å². The second-order valence-corrected chi connectivity index (χ2v) is 0.750. The molecule has 0 rings (SSSR count). The minimum Gasteiger partial charge on any atom is -0.672 e. The molecule has 0 aliphatic heterocycles. The topological polar surface area (TPSA) is 315 Å².